The van der Waals surface area contributed by atoms with Gasteiger partial charge >= 0.3 is 0 Å². The van der Waals surface area contributed by atoms with E-state index in [1.807, 2.05) is 0 Å². The highest BCUT2D eigenvalue weighted by Crippen LogP contribution is 2.21. The van der Waals surface area contributed by atoms with Gasteiger partial charge in [-0.2, -0.15) is 0 Å². The van der Waals surface area contributed by atoms with Gasteiger partial charge in [0.25, 0.3) is 0 Å². The van der Waals surface area contributed by atoms with E-state index in [1.54, 1.807) is 0 Å². The molecule has 0 amide bonds. The number of aliphatic hydroxyl groups excluding tert-OH is 1. The lowest BCUT2D eigenvalue weighted by Crippen LogP contribution is -2.25. The van der Waals surface area contributed by atoms with E-state index in [0.29, 0.717) is 12.8 Å². The zero-order valence-corrected chi connectivity index (χ0v) is 11.3. The number of sulfonamides is 1. The zero-order valence-electron chi connectivity index (χ0n) is 9.70. The monoisotopic (exact) mass is 295 g/mol. The molecule has 0 heterocycles. The Balaban J connectivity index is 2.66. The van der Waals surface area contributed by atoms with Crippen LogP contribution in [0.15, 0.2) is 23.1 Å². The lowest BCUT2D eigenvalue weighted by atomic mass is 10.2. The van der Waals surface area contributed by atoms with E-state index in [2.05, 4.69) is 4.72 Å². The van der Waals surface area contributed by atoms with E-state index < -0.39 is 15.8 Å². The smallest absolute Gasteiger partial charge is 0.242 e. The molecular formula is C11H15ClFNO3S. The fourth-order valence-corrected chi connectivity index (χ4v) is 2.96. The molecule has 0 aliphatic heterocycles. The number of hydrogen-bond donors (Lipinski definition) is 2. The number of benzene rings is 1. The lowest BCUT2D eigenvalue weighted by molar-refractivity contribution is 0.283. The predicted molar refractivity (Wildman–Crippen MR) is 67.5 cm³/mol. The van der Waals surface area contributed by atoms with Crippen molar-refractivity contribution in [3.05, 3.63) is 29.0 Å². The van der Waals surface area contributed by atoms with E-state index in [-0.39, 0.29) is 23.1 Å². The van der Waals surface area contributed by atoms with E-state index in [1.165, 1.54) is 6.07 Å². The Morgan fingerprint density at radius 3 is 2.67 bits per heavy atom. The maximum atomic E-state index is 13.0. The molecule has 0 atom stereocenters. The molecule has 1 aromatic carbocycles. The van der Waals surface area contributed by atoms with Gasteiger partial charge in [0.15, 0.2) is 0 Å². The van der Waals surface area contributed by atoms with Crippen molar-refractivity contribution in [1.82, 2.24) is 4.72 Å². The highest BCUT2D eigenvalue weighted by molar-refractivity contribution is 7.89. The molecule has 0 aromatic heterocycles. The van der Waals surface area contributed by atoms with E-state index in [0.717, 1.165) is 18.6 Å². The van der Waals surface area contributed by atoms with Gasteiger partial charge in [0.1, 0.15) is 10.7 Å². The predicted octanol–water partition coefficient (Wildman–Crippen LogP) is 1.92. The van der Waals surface area contributed by atoms with Gasteiger partial charge in [-0.1, -0.05) is 11.6 Å². The largest absolute Gasteiger partial charge is 0.396 e. The molecule has 7 heteroatoms. The third-order valence-corrected chi connectivity index (χ3v) is 4.25. The zero-order chi connectivity index (χ0) is 13.6. The van der Waals surface area contributed by atoms with Gasteiger partial charge < -0.3 is 5.11 Å². The minimum atomic E-state index is -3.79. The summed E-state index contributed by atoms with van der Waals surface area (Å²) in [5.41, 5.74) is 0. The fourth-order valence-electron chi connectivity index (χ4n) is 1.38. The van der Waals surface area contributed by atoms with Gasteiger partial charge in [-0.15, -0.1) is 0 Å². The lowest BCUT2D eigenvalue weighted by Gasteiger charge is -2.08. The van der Waals surface area contributed by atoms with Crippen LogP contribution in [-0.2, 0) is 10.0 Å². The van der Waals surface area contributed by atoms with Crippen LogP contribution in [0.25, 0.3) is 0 Å². The van der Waals surface area contributed by atoms with Gasteiger partial charge in [0.05, 0.1) is 5.02 Å². The summed E-state index contributed by atoms with van der Waals surface area (Å²) in [5, 5.41) is 8.56. The van der Waals surface area contributed by atoms with E-state index in [4.69, 9.17) is 16.7 Å². The maximum Gasteiger partial charge on any atom is 0.242 e. The number of rotatable bonds is 7. The average molecular weight is 296 g/mol. The Morgan fingerprint density at radius 1 is 1.28 bits per heavy atom. The molecule has 1 rings (SSSR count). The Labute approximate surface area is 111 Å². The third kappa shape index (κ3) is 4.53. The van der Waals surface area contributed by atoms with Crippen molar-refractivity contribution in [3.63, 3.8) is 0 Å². The van der Waals surface area contributed by atoms with Crippen molar-refractivity contribution >= 4 is 21.6 Å². The second-order valence-electron chi connectivity index (χ2n) is 3.76. The first kappa shape index (κ1) is 15.4. The van der Waals surface area contributed by atoms with Crippen molar-refractivity contribution in [2.45, 2.75) is 24.2 Å². The summed E-state index contributed by atoms with van der Waals surface area (Å²) in [6, 6.07) is 3.19. The summed E-state index contributed by atoms with van der Waals surface area (Å²) in [7, 11) is -3.79. The van der Waals surface area contributed by atoms with Gasteiger partial charge in [-0.25, -0.2) is 17.5 Å². The molecule has 4 nitrogen and oxygen atoms in total. The summed E-state index contributed by atoms with van der Waals surface area (Å²) in [6.45, 7) is 0.317. The van der Waals surface area contributed by atoms with Crippen LogP contribution >= 0.6 is 11.6 Å². The SMILES string of the molecule is O=S(=O)(NCCCCCO)c1cc(F)ccc1Cl. The van der Waals surface area contributed by atoms with Gasteiger partial charge in [0.2, 0.25) is 10.0 Å². The standard InChI is InChI=1S/C11H15ClFNO3S/c12-10-5-4-9(13)8-11(10)18(16,17)14-6-2-1-3-7-15/h4-5,8,14-15H,1-3,6-7H2. The number of aliphatic hydroxyl groups is 1. The first-order valence-corrected chi connectivity index (χ1v) is 7.39. The first-order valence-electron chi connectivity index (χ1n) is 5.53. The Bertz CT molecular complexity index is 493. The molecule has 102 valence electrons. The van der Waals surface area contributed by atoms with Crippen molar-refractivity contribution < 1.29 is 17.9 Å². The second-order valence-corrected chi connectivity index (χ2v) is 5.90. The second kappa shape index (κ2) is 7.04. The van der Waals surface area contributed by atoms with Gasteiger partial charge in [-0.3, -0.25) is 0 Å². The van der Waals surface area contributed by atoms with Crippen molar-refractivity contribution in [3.8, 4) is 0 Å². The fraction of sp³-hybridized carbons (Fsp3) is 0.455. The van der Waals surface area contributed by atoms with Crippen LogP contribution in [0.4, 0.5) is 4.39 Å². The van der Waals surface area contributed by atoms with Crippen LogP contribution in [0.3, 0.4) is 0 Å². The Kier molecular flexibility index (Phi) is 6.01. The van der Waals surface area contributed by atoms with Crippen LogP contribution in [0.1, 0.15) is 19.3 Å². The highest BCUT2D eigenvalue weighted by Gasteiger charge is 2.17. The molecule has 0 fully saturated rings. The minimum Gasteiger partial charge on any atom is -0.396 e. The molecule has 18 heavy (non-hydrogen) atoms. The summed E-state index contributed by atoms with van der Waals surface area (Å²) >= 11 is 5.72. The average Bonchev–Trinajstić information content (AvgIpc) is 2.32. The summed E-state index contributed by atoms with van der Waals surface area (Å²) in [4.78, 5) is -0.258. The van der Waals surface area contributed by atoms with Crippen LogP contribution in [0, 0.1) is 5.82 Å². The minimum absolute atomic E-state index is 0.0146. The molecule has 2 N–H and O–H groups in total. The molecular weight excluding hydrogens is 281 g/mol. The van der Waals surface area contributed by atoms with Gasteiger partial charge in [-0.05, 0) is 37.5 Å². The quantitative estimate of drug-likeness (QED) is 0.755. The third-order valence-electron chi connectivity index (χ3n) is 2.31. The van der Waals surface area contributed by atoms with Gasteiger partial charge in [0, 0.05) is 13.2 Å². The summed E-state index contributed by atoms with van der Waals surface area (Å²) < 4.78 is 39.0. The first-order chi connectivity index (χ1) is 8.47. The van der Waals surface area contributed by atoms with E-state index >= 15 is 0 Å². The van der Waals surface area contributed by atoms with Crippen LogP contribution in [0.5, 0.6) is 0 Å². The Hall–Kier alpha value is -0.690. The van der Waals surface area contributed by atoms with Crippen molar-refractivity contribution in [1.29, 1.82) is 0 Å². The normalized spacial score (nSPS) is 11.7. The molecule has 0 aliphatic rings. The Morgan fingerprint density at radius 2 is 2.00 bits per heavy atom. The molecule has 0 unspecified atom stereocenters. The van der Waals surface area contributed by atoms with E-state index in [9.17, 15) is 12.8 Å². The molecule has 1 aromatic rings. The van der Waals surface area contributed by atoms with Crippen molar-refractivity contribution in [2.24, 2.45) is 0 Å². The number of hydrogen-bond acceptors (Lipinski definition) is 3. The molecule has 0 aliphatic carbocycles. The maximum absolute atomic E-state index is 13.0. The van der Waals surface area contributed by atoms with Crippen LogP contribution in [0.2, 0.25) is 5.02 Å². The summed E-state index contributed by atoms with van der Waals surface area (Å²) in [6.07, 6.45) is 1.95. The van der Waals surface area contributed by atoms with Crippen LogP contribution < -0.4 is 4.72 Å². The number of nitrogens with one attached hydrogen (secondary N) is 1. The molecule has 0 saturated carbocycles. The number of unbranched alkanes of at least 4 members (excludes halogenated alkanes) is 2. The molecule has 0 saturated heterocycles. The summed E-state index contributed by atoms with van der Waals surface area (Å²) in [5.74, 6) is -0.653. The van der Waals surface area contributed by atoms with Crippen molar-refractivity contribution in [2.75, 3.05) is 13.2 Å². The molecule has 0 bridgehead atoms. The highest BCUT2D eigenvalue weighted by atomic mass is 35.5. The molecule has 0 radical (unpaired) electrons. The van der Waals surface area contributed by atoms with Crippen LogP contribution in [-0.4, -0.2) is 26.7 Å². The number of halogens is 2. The topological polar surface area (TPSA) is 66.4 Å². The molecule has 0 spiro atoms.